The molecule has 1 aromatic carbocycles. The molecule has 1 aliphatic rings. The van der Waals surface area contributed by atoms with Gasteiger partial charge in [0.25, 0.3) is 6.10 Å². The van der Waals surface area contributed by atoms with Crippen LogP contribution in [0.4, 0.5) is 31.1 Å². The van der Waals surface area contributed by atoms with E-state index in [1.54, 1.807) is 0 Å². The fourth-order valence-corrected chi connectivity index (χ4v) is 3.01. The third-order valence-electron chi connectivity index (χ3n) is 4.63. The molecule has 0 bridgehead atoms. The molecule has 1 aliphatic heterocycles. The van der Waals surface area contributed by atoms with E-state index in [0.29, 0.717) is 19.1 Å². The van der Waals surface area contributed by atoms with E-state index in [-0.39, 0.29) is 32.3 Å². The second-order valence-electron chi connectivity index (χ2n) is 8.01. The van der Waals surface area contributed by atoms with Crippen molar-refractivity contribution in [3.63, 3.8) is 0 Å². The number of rotatable bonds is 6. The van der Waals surface area contributed by atoms with E-state index in [0.717, 1.165) is 21.8 Å². The van der Waals surface area contributed by atoms with Crippen LogP contribution in [0.3, 0.4) is 0 Å². The highest BCUT2D eigenvalue weighted by atomic mass is 19.4. The number of aryl methyl sites for hydroxylation is 1. The average molecular weight is 500 g/mol. The quantitative estimate of drug-likeness (QED) is 0.546. The van der Waals surface area contributed by atoms with Gasteiger partial charge in [0.15, 0.2) is 0 Å². The molecule has 2 rings (SSSR count). The largest absolute Gasteiger partial charge is 0.493 e. The summed E-state index contributed by atoms with van der Waals surface area (Å²) in [6, 6.07) is 5.77. The van der Waals surface area contributed by atoms with Crippen LogP contribution >= 0.6 is 0 Å². The minimum absolute atomic E-state index is 0.0463. The molecule has 192 valence electrons. The number of ether oxygens (including phenoxy) is 2. The Morgan fingerprint density at radius 2 is 1.56 bits per heavy atom. The summed E-state index contributed by atoms with van der Waals surface area (Å²) in [6.45, 7) is 7.45. The molecule has 34 heavy (non-hydrogen) atoms. The van der Waals surface area contributed by atoms with Crippen molar-refractivity contribution in [2.75, 3.05) is 32.8 Å². The van der Waals surface area contributed by atoms with Gasteiger partial charge < -0.3 is 14.4 Å². The van der Waals surface area contributed by atoms with E-state index >= 15 is 0 Å². The van der Waals surface area contributed by atoms with Gasteiger partial charge in [-0.1, -0.05) is 26.0 Å². The van der Waals surface area contributed by atoms with Crippen LogP contribution in [0.1, 0.15) is 25.0 Å². The van der Waals surface area contributed by atoms with Crippen molar-refractivity contribution in [3.05, 3.63) is 29.3 Å². The van der Waals surface area contributed by atoms with Gasteiger partial charge in [0, 0.05) is 38.3 Å². The van der Waals surface area contributed by atoms with E-state index < -0.39 is 24.5 Å². The Hall–Kier alpha value is -2.79. The molecule has 0 N–H and O–H groups in total. The second kappa shape index (κ2) is 12.6. The Kier molecular flexibility index (Phi) is 10.8. The lowest BCUT2D eigenvalue weighted by Gasteiger charge is -2.35. The van der Waals surface area contributed by atoms with Crippen LogP contribution in [-0.2, 0) is 20.9 Å². The zero-order valence-electron chi connectivity index (χ0n) is 18.8. The van der Waals surface area contributed by atoms with E-state index in [9.17, 15) is 31.1 Å². The van der Waals surface area contributed by atoms with Crippen molar-refractivity contribution in [2.24, 2.45) is 5.92 Å². The summed E-state index contributed by atoms with van der Waals surface area (Å²) < 4.78 is 85.2. The van der Waals surface area contributed by atoms with Gasteiger partial charge in [-0.25, -0.2) is 4.79 Å². The van der Waals surface area contributed by atoms with Crippen LogP contribution in [0.2, 0.25) is 0 Å². The molecule has 1 aromatic rings. The Morgan fingerprint density at radius 1 is 1.03 bits per heavy atom. The summed E-state index contributed by atoms with van der Waals surface area (Å²) >= 11 is 0. The SMILES string of the molecule is Cc1ccc(CN2CCN(C(=O)OC(C(F)(F)F)C(F)(F)F)CC2)c(OCC(C)C)c1.O=C=O. The summed E-state index contributed by atoms with van der Waals surface area (Å²) in [6.07, 6.45) is -17.0. The van der Waals surface area contributed by atoms with E-state index in [2.05, 4.69) is 4.74 Å². The van der Waals surface area contributed by atoms with E-state index in [4.69, 9.17) is 14.3 Å². The van der Waals surface area contributed by atoms with Gasteiger partial charge in [-0.05, 0) is 24.5 Å². The second-order valence-corrected chi connectivity index (χ2v) is 8.01. The normalized spacial score (nSPS) is 15.0. The van der Waals surface area contributed by atoms with Gasteiger partial charge in [-0.3, -0.25) is 4.90 Å². The van der Waals surface area contributed by atoms with Crippen molar-refractivity contribution in [2.45, 2.75) is 45.8 Å². The zero-order chi connectivity index (χ0) is 26.1. The lowest BCUT2D eigenvalue weighted by atomic mass is 10.1. The maximum absolute atomic E-state index is 12.6. The van der Waals surface area contributed by atoms with Crippen LogP contribution < -0.4 is 4.74 Å². The van der Waals surface area contributed by atoms with Crippen molar-refractivity contribution < 1.29 is 50.2 Å². The fourth-order valence-electron chi connectivity index (χ4n) is 3.01. The van der Waals surface area contributed by atoms with Crippen molar-refractivity contribution in [3.8, 4) is 5.75 Å². The molecule has 0 radical (unpaired) electrons. The number of nitrogens with zero attached hydrogens (tertiary/aromatic N) is 2. The van der Waals surface area contributed by atoms with Crippen molar-refractivity contribution in [1.82, 2.24) is 9.80 Å². The summed E-state index contributed by atoms with van der Waals surface area (Å²) in [4.78, 5) is 30.9. The first-order valence-corrected chi connectivity index (χ1v) is 10.2. The van der Waals surface area contributed by atoms with Crippen LogP contribution in [0.5, 0.6) is 5.75 Å². The summed E-state index contributed by atoms with van der Waals surface area (Å²) in [7, 11) is 0. The summed E-state index contributed by atoms with van der Waals surface area (Å²) in [5, 5.41) is 0. The highest BCUT2D eigenvalue weighted by molar-refractivity contribution is 5.68. The van der Waals surface area contributed by atoms with Gasteiger partial charge in [-0.15, -0.1) is 0 Å². The fraction of sp³-hybridized carbons (Fsp3) is 0.619. The Labute approximate surface area is 192 Å². The van der Waals surface area contributed by atoms with Crippen LogP contribution in [0, 0.1) is 12.8 Å². The van der Waals surface area contributed by atoms with Crippen LogP contribution in [0.15, 0.2) is 18.2 Å². The lowest BCUT2D eigenvalue weighted by Crippen LogP contribution is -2.52. The molecule has 0 aromatic heterocycles. The van der Waals surface area contributed by atoms with Gasteiger partial charge in [-0.2, -0.15) is 35.9 Å². The smallest absolute Gasteiger partial charge is 0.434 e. The van der Waals surface area contributed by atoms with Gasteiger partial charge in [0.1, 0.15) is 5.75 Å². The highest BCUT2D eigenvalue weighted by Gasteiger charge is 2.60. The number of carbonyl (C=O) groups is 1. The number of carbonyl (C=O) groups excluding carboxylic acids is 3. The number of halogens is 6. The molecule has 13 heteroatoms. The molecule has 1 saturated heterocycles. The van der Waals surface area contributed by atoms with Crippen LogP contribution in [-0.4, -0.2) is 73.3 Å². The first-order chi connectivity index (χ1) is 15.7. The predicted molar refractivity (Wildman–Crippen MR) is 106 cm³/mol. The van der Waals surface area contributed by atoms with Gasteiger partial charge in [0.05, 0.1) is 6.61 Å². The van der Waals surface area contributed by atoms with Crippen molar-refractivity contribution in [1.29, 1.82) is 0 Å². The Bertz CT molecular complexity index is 816. The van der Waals surface area contributed by atoms with Gasteiger partial charge in [0.2, 0.25) is 0 Å². The van der Waals surface area contributed by atoms with Crippen molar-refractivity contribution >= 4 is 12.2 Å². The first-order valence-electron chi connectivity index (χ1n) is 10.2. The number of amides is 1. The Balaban J connectivity index is 0.00000182. The minimum Gasteiger partial charge on any atom is -0.493 e. The maximum atomic E-state index is 12.6. The highest BCUT2D eigenvalue weighted by Crippen LogP contribution is 2.36. The average Bonchev–Trinajstić information content (AvgIpc) is 2.71. The summed E-state index contributed by atoms with van der Waals surface area (Å²) in [5.41, 5.74) is 1.94. The minimum atomic E-state index is -5.73. The molecule has 1 fully saturated rings. The third kappa shape index (κ3) is 9.60. The Morgan fingerprint density at radius 3 is 2.03 bits per heavy atom. The topological polar surface area (TPSA) is 76.2 Å². The number of hydrogen-bond donors (Lipinski definition) is 0. The molecule has 0 unspecified atom stereocenters. The van der Waals surface area contributed by atoms with Gasteiger partial charge >= 0.3 is 24.6 Å². The first kappa shape index (κ1) is 29.2. The molecule has 0 aliphatic carbocycles. The van der Waals surface area contributed by atoms with Crippen LogP contribution in [0.25, 0.3) is 0 Å². The molecule has 1 heterocycles. The third-order valence-corrected chi connectivity index (χ3v) is 4.63. The molecule has 0 spiro atoms. The zero-order valence-corrected chi connectivity index (χ0v) is 18.8. The van der Waals surface area contributed by atoms with E-state index in [1.165, 1.54) is 0 Å². The molecular formula is C21H26F6N2O5. The summed E-state index contributed by atoms with van der Waals surface area (Å²) in [5.74, 6) is 1.06. The number of piperazine rings is 1. The molecule has 1 amide bonds. The number of hydrogen-bond acceptors (Lipinski definition) is 6. The maximum Gasteiger partial charge on any atom is 0.434 e. The lowest BCUT2D eigenvalue weighted by molar-refractivity contribution is -0.308. The number of alkyl halides is 6. The molecular weight excluding hydrogens is 474 g/mol. The molecule has 0 saturated carbocycles. The standard InChI is InChI=1S/C20H26F6N2O3.CO2/c1-13(2)12-30-16-10-14(3)4-5-15(16)11-27-6-8-28(9-7-27)18(29)31-17(19(21,22)23)20(24,25)26;2-1-3/h4-5,10,13,17H,6-9,11-12H2,1-3H3;. The number of benzene rings is 1. The monoisotopic (exact) mass is 500 g/mol. The van der Waals surface area contributed by atoms with E-state index in [1.807, 2.05) is 43.9 Å². The predicted octanol–water partition coefficient (Wildman–Crippen LogP) is 4.19. The molecule has 0 atom stereocenters. The molecule has 7 nitrogen and oxygen atoms in total.